The van der Waals surface area contributed by atoms with E-state index in [0.29, 0.717) is 6.42 Å². The molecule has 0 fully saturated rings. The van der Waals surface area contributed by atoms with Crippen molar-refractivity contribution in [3.05, 3.63) is 24.3 Å². The Labute approximate surface area is 125 Å². The Bertz CT molecular complexity index is 671. The third kappa shape index (κ3) is 5.36. The van der Waals surface area contributed by atoms with Gasteiger partial charge in [0.1, 0.15) is 0 Å². The summed E-state index contributed by atoms with van der Waals surface area (Å²) in [5.74, 6) is 0. The first kappa shape index (κ1) is 18.1. The molecule has 0 aromatic heterocycles. The summed E-state index contributed by atoms with van der Waals surface area (Å²) in [5, 5.41) is 5.00. The molecule has 21 heavy (non-hydrogen) atoms. The van der Waals surface area contributed by atoms with Crippen LogP contribution in [0.15, 0.2) is 34.1 Å². The molecule has 5 N–H and O–H groups in total. The van der Waals surface area contributed by atoms with Crippen molar-refractivity contribution >= 4 is 20.0 Å². The number of primary sulfonamides is 1. The lowest BCUT2D eigenvalue weighted by molar-refractivity contribution is 0.516. The summed E-state index contributed by atoms with van der Waals surface area (Å²) in [5.41, 5.74) is 5.56. The van der Waals surface area contributed by atoms with Crippen LogP contribution in [0, 0.1) is 0 Å². The van der Waals surface area contributed by atoms with Crippen LogP contribution in [0.4, 0.5) is 0 Å². The molecule has 1 rings (SSSR count). The van der Waals surface area contributed by atoms with Crippen LogP contribution in [0.3, 0.4) is 0 Å². The first-order chi connectivity index (χ1) is 9.70. The molecule has 1 aromatic carbocycles. The molecule has 120 valence electrons. The molecule has 0 amide bonds. The number of hydrogen-bond acceptors (Lipinski definition) is 5. The first-order valence-electron chi connectivity index (χ1n) is 6.56. The van der Waals surface area contributed by atoms with Gasteiger partial charge in [-0.15, -0.1) is 0 Å². The van der Waals surface area contributed by atoms with E-state index in [1.165, 1.54) is 18.2 Å². The molecule has 1 unspecified atom stereocenters. The number of rotatable bonds is 8. The number of benzene rings is 1. The fourth-order valence-corrected chi connectivity index (χ4v) is 3.74. The molecule has 0 aliphatic rings. The summed E-state index contributed by atoms with van der Waals surface area (Å²) in [4.78, 5) is -0.396. The van der Waals surface area contributed by atoms with E-state index in [-0.39, 0.29) is 22.4 Å². The number of sulfonamides is 2. The van der Waals surface area contributed by atoms with E-state index >= 15 is 0 Å². The van der Waals surface area contributed by atoms with Gasteiger partial charge in [-0.3, -0.25) is 0 Å². The molecule has 0 saturated carbocycles. The number of unbranched alkanes of at least 4 members (excludes halogenated alkanes) is 1. The molecule has 7 nitrogen and oxygen atoms in total. The van der Waals surface area contributed by atoms with E-state index in [4.69, 9.17) is 10.9 Å². The van der Waals surface area contributed by atoms with Crippen molar-refractivity contribution in [3.63, 3.8) is 0 Å². The Hall–Kier alpha value is -1.00. The van der Waals surface area contributed by atoms with Gasteiger partial charge in [0.15, 0.2) is 0 Å². The Morgan fingerprint density at radius 2 is 1.81 bits per heavy atom. The monoisotopic (exact) mass is 335 g/mol. The lowest BCUT2D eigenvalue weighted by Gasteiger charge is -2.16. The molecule has 0 aliphatic heterocycles. The fourth-order valence-electron chi connectivity index (χ4n) is 1.78. The maximum Gasteiger partial charge on any atom is 0.240 e. The second-order valence-corrected chi connectivity index (χ2v) is 7.99. The Morgan fingerprint density at radius 1 is 1.19 bits per heavy atom. The molecule has 1 aromatic rings. The quantitative estimate of drug-likeness (QED) is 0.621. The van der Waals surface area contributed by atoms with Gasteiger partial charge >= 0.3 is 0 Å². The van der Waals surface area contributed by atoms with Crippen molar-refractivity contribution in [2.45, 2.75) is 42.0 Å². The minimum atomic E-state index is -3.95. The lowest BCUT2D eigenvalue weighted by Crippen LogP contribution is -2.40. The van der Waals surface area contributed by atoms with Crippen LogP contribution in [0.5, 0.6) is 0 Å². The number of nitrogens with two attached hydrogens (primary N) is 2. The summed E-state index contributed by atoms with van der Waals surface area (Å²) in [7, 11) is -7.79. The van der Waals surface area contributed by atoms with E-state index < -0.39 is 20.0 Å². The molecule has 0 bridgehead atoms. The van der Waals surface area contributed by atoms with Crippen molar-refractivity contribution in [1.29, 1.82) is 0 Å². The molecule has 1 atom stereocenters. The van der Waals surface area contributed by atoms with Crippen LogP contribution in [0.1, 0.15) is 26.2 Å². The molecule has 9 heteroatoms. The van der Waals surface area contributed by atoms with Crippen molar-refractivity contribution in [2.75, 3.05) is 6.54 Å². The van der Waals surface area contributed by atoms with Gasteiger partial charge in [-0.1, -0.05) is 25.8 Å². The molecule has 0 radical (unpaired) electrons. The second-order valence-electron chi connectivity index (χ2n) is 4.72. The van der Waals surface area contributed by atoms with Gasteiger partial charge in [0.25, 0.3) is 0 Å². The van der Waals surface area contributed by atoms with Gasteiger partial charge in [-0.25, -0.2) is 26.7 Å². The third-order valence-electron chi connectivity index (χ3n) is 2.96. The van der Waals surface area contributed by atoms with Crippen LogP contribution >= 0.6 is 0 Å². The zero-order valence-electron chi connectivity index (χ0n) is 11.8. The molecular weight excluding hydrogens is 314 g/mol. The highest BCUT2D eigenvalue weighted by molar-refractivity contribution is 7.90. The highest BCUT2D eigenvalue weighted by atomic mass is 32.2. The smallest absolute Gasteiger partial charge is 0.240 e. The highest BCUT2D eigenvalue weighted by Gasteiger charge is 2.20. The average molecular weight is 335 g/mol. The van der Waals surface area contributed by atoms with E-state index in [1.807, 2.05) is 6.92 Å². The van der Waals surface area contributed by atoms with Crippen LogP contribution in [-0.4, -0.2) is 29.4 Å². The SMILES string of the molecule is CCCCC(CN)NS(=O)(=O)c1cccc(S(N)(=O)=O)c1. The van der Waals surface area contributed by atoms with Crippen LogP contribution < -0.4 is 15.6 Å². The topological polar surface area (TPSA) is 132 Å². The fraction of sp³-hybridized carbons (Fsp3) is 0.500. The molecule has 0 saturated heterocycles. The van der Waals surface area contributed by atoms with Gasteiger partial charge in [-0.2, -0.15) is 0 Å². The molecule has 0 aliphatic carbocycles. The van der Waals surface area contributed by atoms with Gasteiger partial charge in [0, 0.05) is 12.6 Å². The standard InChI is InChI=1S/C12H21N3O4S2/c1-2-3-5-10(9-13)15-21(18,19)12-7-4-6-11(8-12)20(14,16)17/h4,6-8,10,15H,2-3,5,9,13H2,1H3,(H2,14,16,17). The zero-order valence-corrected chi connectivity index (χ0v) is 13.5. The summed E-state index contributed by atoms with van der Waals surface area (Å²) in [6.07, 6.45) is 2.40. The summed E-state index contributed by atoms with van der Waals surface area (Å²) in [6, 6.07) is 4.53. The van der Waals surface area contributed by atoms with Gasteiger partial charge in [0.2, 0.25) is 20.0 Å². The third-order valence-corrected chi connectivity index (χ3v) is 5.39. The van der Waals surface area contributed by atoms with E-state index in [9.17, 15) is 16.8 Å². The summed E-state index contributed by atoms with van der Waals surface area (Å²) in [6.45, 7) is 2.17. The Kier molecular flexibility index (Phi) is 6.29. The highest BCUT2D eigenvalue weighted by Crippen LogP contribution is 2.15. The van der Waals surface area contributed by atoms with Crippen LogP contribution in [0.2, 0.25) is 0 Å². The average Bonchev–Trinajstić information content (AvgIpc) is 2.42. The second kappa shape index (κ2) is 7.32. The zero-order chi connectivity index (χ0) is 16.1. The maximum atomic E-state index is 12.2. The maximum absolute atomic E-state index is 12.2. The van der Waals surface area contributed by atoms with Crippen molar-refractivity contribution in [3.8, 4) is 0 Å². The van der Waals surface area contributed by atoms with E-state index in [1.54, 1.807) is 0 Å². The van der Waals surface area contributed by atoms with Gasteiger partial charge in [-0.05, 0) is 24.6 Å². The van der Waals surface area contributed by atoms with Crippen molar-refractivity contribution in [1.82, 2.24) is 4.72 Å². The number of hydrogen-bond donors (Lipinski definition) is 3. The Morgan fingerprint density at radius 3 is 2.33 bits per heavy atom. The number of nitrogens with one attached hydrogen (secondary N) is 1. The molecule has 0 heterocycles. The van der Waals surface area contributed by atoms with Crippen LogP contribution in [-0.2, 0) is 20.0 Å². The van der Waals surface area contributed by atoms with Crippen molar-refractivity contribution in [2.24, 2.45) is 10.9 Å². The Balaban J connectivity index is 3.02. The normalized spacial score (nSPS) is 14.0. The van der Waals surface area contributed by atoms with E-state index in [0.717, 1.165) is 18.9 Å². The largest absolute Gasteiger partial charge is 0.329 e. The first-order valence-corrected chi connectivity index (χ1v) is 9.59. The van der Waals surface area contributed by atoms with Crippen LogP contribution in [0.25, 0.3) is 0 Å². The molecule has 0 spiro atoms. The summed E-state index contributed by atoms with van der Waals surface area (Å²) < 4.78 is 49.5. The van der Waals surface area contributed by atoms with Crippen molar-refractivity contribution < 1.29 is 16.8 Å². The minimum absolute atomic E-state index is 0.149. The van der Waals surface area contributed by atoms with E-state index in [2.05, 4.69) is 4.72 Å². The minimum Gasteiger partial charge on any atom is -0.329 e. The summed E-state index contributed by atoms with van der Waals surface area (Å²) >= 11 is 0. The molecular formula is C12H21N3O4S2. The predicted octanol–water partition coefficient (Wildman–Crippen LogP) is 0.130. The van der Waals surface area contributed by atoms with Gasteiger partial charge in [0.05, 0.1) is 9.79 Å². The lowest BCUT2D eigenvalue weighted by atomic mass is 10.1. The van der Waals surface area contributed by atoms with Gasteiger partial charge < -0.3 is 5.73 Å². The predicted molar refractivity (Wildman–Crippen MR) is 80.5 cm³/mol.